The number of hydrogen-bond donors (Lipinski definition) is 2. The van der Waals surface area contributed by atoms with Crippen LogP contribution in [0.5, 0.6) is 0 Å². The molecule has 0 saturated carbocycles. The van der Waals surface area contributed by atoms with Gasteiger partial charge in [0.15, 0.2) is 5.78 Å². The predicted molar refractivity (Wildman–Crippen MR) is 124 cm³/mol. The minimum Gasteiger partial charge on any atom is -0.360 e. The molecule has 0 spiro atoms. The number of hydrogen-bond acceptors (Lipinski definition) is 3. The number of nitrogens with one attached hydrogen (secondary N) is 2. The highest BCUT2D eigenvalue weighted by Gasteiger charge is 2.50. The molecule has 1 aliphatic rings. The third kappa shape index (κ3) is 2.91. The van der Waals surface area contributed by atoms with Gasteiger partial charge in [0.05, 0.1) is 6.54 Å². The molecule has 1 aromatic heterocycles. The van der Waals surface area contributed by atoms with Crippen molar-refractivity contribution in [1.82, 2.24) is 15.2 Å². The summed E-state index contributed by atoms with van der Waals surface area (Å²) in [6.45, 7) is 3.44. The second-order valence-corrected chi connectivity index (χ2v) is 8.29. The number of carbonyl (C=O) groups is 3. The maximum absolute atomic E-state index is 13.4. The molecule has 1 atom stereocenters. The Morgan fingerprint density at radius 1 is 0.969 bits per heavy atom. The number of ketones is 1. The van der Waals surface area contributed by atoms with Crippen molar-refractivity contribution in [3.63, 3.8) is 0 Å². The number of fused-ring (bicyclic) bond motifs is 2. The molecule has 6 nitrogen and oxygen atoms in total. The van der Waals surface area contributed by atoms with Gasteiger partial charge in [-0.1, -0.05) is 67.6 Å². The van der Waals surface area contributed by atoms with Crippen LogP contribution in [0.4, 0.5) is 4.79 Å². The summed E-state index contributed by atoms with van der Waals surface area (Å²) in [5.74, 6) is -0.712. The topological polar surface area (TPSA) is 82.3 Å². The second-order valence-electron chi connectivity index (χ2n) is 8.29. The van der Waals surface area contributed by atoms with Crippen LogP contribution >= 0.6 is 0 Å². The largest absolute Gasteiger partial charge is 0.360 e. The number of urea groups is 1. The van der Waals surface area contributed by atoms with Gasteiger partial charge in [-0.25, -0.2) is 4.79 Å². The van der Waals surface area contributed by atoms with Crippen molar-refractivity contribution < 1.29 is 14.4 Å². The lowest BCUT2D eigenvalue weighted by atomic mass is 9.88. The molecular formula is C26H23N3O3. The summed E-state index contributed by atoms with van der Waals surface area (Å²) >= 11 is 0. The zero-order valence-corrected chi connectivity index (χ0v) is 17.9. The quantitative estimate of drug-likeness (QED) is 0.364. The number of H-pyrrole nitrogens is 1. The number of para-hydroxylation sites is 1. The molecule has 160 valence electrons. The van der Waals surface area contributed by atoms with Crippen molar-refractivity contribution >= 4 is 39.4 Å². The Hall–Kier alpha value is -3.93. The van der Waals surface area contributed by atoms with Gasteiger partial charge in [0.1, 0.15) is 5.54 Å². The molecule has 5 rings (SSSR count). The van der Waals surface area contributed by atoms with E-state index >= 15 is 0 Å². The van der Waals surface area contributed by atoms with E-state index in [1.807, 2.05) is 60.7 Å². The van der Waals surface area contributed by atoms with Gasteiger partial charge in [-0.2, -0.15) is 0 Å². The van der Waals surface area contributed by atoms with Crippen LogP contribution in [-0.4, -0.2) is 34.2 Å². The van der Waals surface area contributed by atoms with Gasteiger partial charge < -0.3 is 10.3 Å². The van der Waals surface area contributed by atoms with Gasteiger partial charge in [-0.05, 0) is 35.2 Å². The number of amides is 3. The van der Waals surface area contributed by atoms with Crippen molar-refractivity contribution in [1.29, 1.82) is 0 Å². The zero-order chi connectivity index (χ0) is 22.5. The molecule has 0 aliphatic carbocycles. The van der Waals surface area contributed by atoms with Gasteiger partial charge in [-0.3, -0.25) is 14.5 Å². The van der Waals surface area contributed by atoms with E-state index in [1.54, 1.807) is 13.1 Å². The number of carbonyl (C=O) groups excluding carboxylic acids is 3. The van der Waals surface area contributed by atoms with E-state index in [4.69, 9.17) is 0 Å². The van der Waals surface area contributed by atoms with E-state index in [9.17, 15) is 14.4 Å². The number of nitrogens with zero attached hydrogens (tertiary/aromatic N) is 1. The summed E-state index contributed by atoms with van der Waals surface area (Å²) in [5.41, 5.74) is 1.97. The minimum atomic E-state index is -1.24. The fourth-order valence-electron chi connectivity index (χ4n) is 4.66. The second kappa shape index (κ2) is 7.34. The first-order chi connectivity index (χ1) is 15.4. The van der Waals surface area contributed by atoms with Crippen LogP contribution in [0, 0.1) is 0 Å². The lowest BCUT2D eigenvalue weighted by Gasteiger charge is -2.24. The van der Waals surface area contributed by atoms with Crippen LogP contribution in [0.1, 0.15) is 35.3 Å². The lowest BCUT2D eigenvalue weighted by molar-refractivity contribution is -0.130. The van der Waals surface area contributed by atoms with Crippen LogP contribution in [-0.2, 0) is 16.8 Å². The first-order valence-corrected chi connectivity index (χ1v) is 10.7. The average molecular weight is 425 g/mol. The number of benzene rings is 3. The van der Waals surface area contributed by atoms with E-state index in [0.717, 1.165) is 38.6 Å². The Bertz CT molecular complexity index is 1400. The number of imide groups is 1. The lowest BCUT2D eigenvalue weighted by Crippen LogP contribution is -2.41. The van der Waals surface area contributed by atoms with Gasteiger partial charge in [-0.15, -0.1) is 0 Å². The van der Waals surface area contributed by atoms with E-state index < -0.39 is 17.5 Å². The molecule has 0 radical (unpaired) electrons. The highest BCUT2D eigenvalue weighted by Crippen LogP contribution is 2.34. The molecule has 3 amide bonds. The molecule has 0 bridgehead atoms. The number of rotatable bonds is 5. The smallest absolute Gasteiger partial charge is 0.325 e. The first kappa shape index (κ1) is 20.0. The van der Waals surface area contributed by atoms with E-state index in [0.29, 0.717) is 11.1 Å². The molecule has 0 unspecified atom stereocenters. The SMILES string of the molecule is CCc1cccc2c(C(=O)CN3C(=O)N[C@@](C)(c4cccc5ccccc45)C3=O)c[nH]c12. The molecule has 6 heteroatoms. The first-order valence-electron chi connectivity index (χ1n) is 10.7. The summed E-state index contributed by atoms with van der Waals surface area (Å²) in [6.07, 6.45) is 2.50. The van der Waals surface area contributed by atoms with Crippen LogP contribution in [0.15, 0.2) is 66.9 Å². The molecule has 1 fully saturated rings. The normalized spacial score (nSPS) is 18.5. The average Bonchev–Trinajstić information content (AvgIpc) is 3.34. The zero-order valence-electron chi connectivity index (χ0n) is 17.9. The van der Waals surface area contributed by atoms with Gasteiger partial charge in [0.2, 0.25) is 0 Å². The summed E-state index contributed by atoms with van der Waals surface area (Å²) in [6, 6.07) is 18.7. The molecule has 1 saturated heterocycles. The standard InChI is InChI=1S/C26H23N3O3/c1-3-16-9-6-12-19-20(14-27-23(16)19)22(30)15-29-24(31)26(2,28-25(29)32)21-13-7-10-17-8-4-5-11-18(17)21/h4-14,27H,3,15H2,1-2H3,(H,28,32)/t26-/m0/s1. The van der Waals surface area contributed by atoms with E-state index in [-0.39, 0.29) is 12.3 Å². The number of aromatic amines is 1. The van der Waals surface area contributed by atoms with Gasteiger partial charge in [0, 0.05) is 22.7 Å². The van der Waals surface area contributed by atoms with Crippen LogP contribution in [0.25, 0.3) is 21.7 Å². The predicted octanol–water partition coefficient (Wildman–Crippen LogP) is 4.53. The van der Waals surface area contributed by atoms with Crippen LogP contribution in [0.3, 0.4) is 0 Å². The number of aryl methyl sites for hydroxylation is 1. The molecule has 4 aromatic rings. The Labute approximate surface area is 185 Å². The Morgan fingerprint density at radius 3 is 2.50 bits per heavy atom. The van der Waals surface area contributed by atoms with E-state index in [2.05, 4.69) is 17.2 Å². The summed E-state index contributed by atoms with van der Waals surface area (Å²) in [5, 5.41) is 5.50. The Morgan fingerprint density at radius 2 is 1.69 bits per heavy atom. The fraction of sp³-hybridized carbons (Fsp3) is 0.192. The third-order valence-corrected chi connectivity index (χ3v) is 6.39. The monoisotopic (exact) mass is 425 g/mol. The Kier molecular flexibility index (Phi) is 4.59. The summed E-state index contributed by atoms with van der Waals surface area (Å²) in [4.78, 5) is 43.6. The number of aromatic nitrogens is 1. The van der Waals surface area contributed by atoms with Crippen LogP contribution in [0.2, 0.25) is 0 Å². The van der Waals surface area contributed by atoms with Crippen molar-refractivity contribution in [3.05, 3.63) is 83.6 Å². The van der Waals surface area contributed by atoms with E-state index in [1.165, 1.54) is 0 Å². The van der Waals surface area contributed by atoms with Crippen molar-refractivity contribution in [2.24, 2.45) is 0 Å². The minimum absolute atomic E-state index is 0.282. The maximum Gasteiger partial charge on any atom is 0.325 e. The highest BCUT2D eigenvalue weighted by atomic mass is 16.2. The fourth-order valence-corrected chi connectivity index (χ4v) is 4.66. The van der Waals surface area contributed by atoms with Crippen molar-refractivity contribution in [3.8, 4) is 0 Å². The molecule has 1 aliphatic heterocycles. The summed E-state index contributed by atoms with van der Waals surface area (Å²) in [7, 11) is 0. The molecular weight excluding hydrogens is 402 g/mol. The Balaban J connectivity index is 1.48. The third-order valence-electron chi connectivity index (χ3n) is 6.39. The highest BCUT2D eigenvalue weighted by molar-refractivity contribution is 6.15. The van der Waals surface area contributed by atoms with Gasteiger partial charge in [0.25, 0.3) is 5.91 Å². The van der Waals surface area contributed by atoms with Crippen LogP contribution < -0.4 is 5.32 Å². The molecule has 2 heterocycles. The molecule has 3 aromatic carbocycles. The number of Topliss-reactive ketones (excluding diaryl/α,β-unsaturated/α-hetero) is 1. The van der Waals surface area contributed by atoms with Gasteiger partial charge >= 0.3 is 6.03 Å². The van der Waals surface area contributed by atoms with Crippen molar-refractivity contribution in [2.45, 2.75) is 25.8 Å². The maximum atomic E-state index is 13.4. The summed E-state index contributed by atoms with van der Waals surface area (Å²) < 4.78 is 0. The molecule has 32 heavy (non-hydrogen) atoms. The van der Waals surface area contributed by atoms with Crippen molar-refractivity contribution in [2.75, 3.05) is 6.54 Å². The molecule has 2 N–H and O–H groups in total.